The summed E-state index contributed by atoms with van der Waals surface area (Å²) < 4.78 is 28.0. The molecule has 5 heteroatoms. The van der Waals surface area contributed by atoms with Crippen LogP contribution in [0.3, 0.4) is 0 Å². The lowest BCUT2D eigenvalue weighted by molar-refractivity contribution is 0.471. The zero-order chi connectivity index (χ0) is 14.7. The van der Waals surface area contributed by atoms with E-state index in [1.807, 2.05) is 16.9 Å². The van der Waals surface area contributed by atoms with Crippen molar-refractivity contribution in [2.45, 2.75) is 38.8 Å². The first-order valence-electron chi connectivity index (χ1n) is 6.75. The van der Waals surface area contributed by atoms with E-state index in [0.717, 1.165) is 24.2 Å². The second kappa shape index (κ2) is 6.13. The fourth-order valence-electron chi connectivity index (χ4n) is 2.00. The normalized spacial score (nSPS) is 14.2. The van der Waals surface area contributed by atoms with Crippen LogP contribution in [0.5, 0.6) is 0 Å². The lowest BCUT2D eigenvalue weighted by Crippen LogP contribution is -2.14. The second-order valence-electron chi connectivity index (χ2n) is 5.03. The molecule has 1 aromatic carbocycles. The maximum absolute atomic E-state index is 13.2. The van der Waals surface area contributed by atoms with Crippen LogP contribution in [0.2, 0.25) is 0 Å². The van der Waals surface area contributed by atoms with Crippen molar-refractivity contribution >= 4 is 0 Å². The molecule has 1 heterocycles. The van der Waals surface area contributed by atoms with E-state index in [1.165, 1.54) is 6.07 Å². The van der Waals surface area contributed by atoms with Gasteiger partial charge in [-0.05, 0) is 37.1 Å². The zero-order valence-electron chi connectivity index (χ0n) is 11.7. The van der Waals surface area contributed by atoms with Crippen LogP contribution in [0.25, 0.3) is 0 Å². The Kier molecular flexibility index (Phi) is 4.49. The van der Waals surface area contributed by atoms with E-state index < -0.39 is 17.7 Å². The standard InChI is InChI=1S/C15H19F2N3/c1-3-10(2)20-7-6-12(19-20)9-15(18)11-4-5-13(16)14(17)8-11/h4-8,10,15H,3,9,18H2,1-2H3. The number of nitrogens with zero attached hydrogens (tertiary/aromatic N) is 2. The molecule has 2 atom stereocenters. The zero-order valence-corrected chi connectivity index (χ0v) is 11.7. The monoisotopic (exact) mass is 279 g/mol. The van der Waals surface area contributed by atoms with E-state index in [0.29, 0.717) is 18.0 Å². The van der Waals surface area contributed by atoms with E-state index in [4.69, 9.17) is 5.73 Å². The van der Waals surface area contributed by atoms with E-state index >= 15 is 0 Å². The molecular weight excluding hydrogens is 260 g/mol. The largest absolute Gasteiger partial charge is 0.324 e. The summed E-state index contributed by atoms with van der Waals surface area (Å²) in [6.45, 7) is 4.19. The van der Waals surface area contributed by atoms with Gasteiger partial charge in [0, 0.05) is 24.7 Å². The molecule has 0 amide bonds. The third-order valence-electron chi connectivity index (χ3n) is 3.51. The third-order valence-corrected chi connectivity index (χ3v) is 3.51. The van der Waals surface area contributed by atoms with Crippen molar-refractivity contribution in [3.63, 3.8) is 0 Å². The van der Waals surface area contributed by atoms with Gasteiger partial charge in [-0.15, -0.1) is 0 Å². The lowest BCUT2D eigenvalue weighted by Gasteiger charge is -2.11. The summed E-state index contributed by atoms with van der Waals surface area (Å²) in [5, 5.41) is 4.46. The van der Waals surface area contributed by atoms with Crippen LogP contribution in [0.1, 0.15) is 43.6 Å². The second-order valence-corrected chi connectivity index (χ2v) is 5.03. The predicted molar refractivity (Wildman–Crippen MR) is 74.2 cm³/mol. The maximum atomic E-state index is 13.2. The average molecular weight is 279 g/mol. The fourth-order valence-corrected chi connectivity index (χ4v) is 2.00. The molecule has 1 aromatic heterocycles. The Balaban J connectivity index is 2.09. The summed E-state index contributed by atoms with van der Waals surface area (Å²) in [4.78, 5) is 0. The lowest BCUT2D eigenvalue weighted by atomic mass is 10.0. The topological polar surface area (TPSA) is 43.8 Å². The highest BCUT2D eigenvalue weighted by Crippen LogP contribution is 2.18. The molecule has 0 fully saturated rings. The molecule has 20 heavy (non-hydrogen) atoms. The number of hydrogen-bond donors (Lipinski definition) is 1. The molecule has 0 aliphatic heterocycles. The van der Waals surface area contributed by atoms with Gasteiger partial charge in [-0.1, -0.05) is 13.0 Å². The quantitative estimate of drug-likeness (QED) is 0.912. The van der Waals surface area contributed by atoms with Gasteiger partial charge < -0.3 is 5.73 Å². The van der Waals surface area contributed by atoms with Gasteiger partial charge in [-0.25, -0.2) is 8.78 Å². The van der Waals surface area contributed by atoms with Crippen LogP contribution in [0.4, 0.5) is 8.78 Å². The van der Waals surface area contributed by atoms with E-state index in [9.17, 15) is 8.78 Å². The molecule has 0 bridgehead atoms. The predicted octanol–water partition coefficient (Wildman–Crippen LogP) is 3.37. The van der Waals surface area contributed by atoms with Crippen molar-refractivity contribution in [1.29, 1.82) is 0 Å². The smallest absolute Gasteiger partial charge is 0.159 e. The van der Waals surface area contributed by atoms with Crippen molar-refractivity contribution in [2.24, 2.45) is 5.73 Å². The molecule has 0 saturated carbocycles. The Hall–Kier alpha value is -1.75. The summed E-state index contributed by atoms with van der Waals surface area (Å²) in [6, 6.07) is 5.60. The van der Waals surface area contributed by atoms with Gasteiger partial charge in [0.15, 0.2) is 11.6 Å². The van der Waals surface area contributed by atoms with E-state index in [1.54, 1.807) is 0 Å². The van der Waals surface area contributed by atoms with Gasteiger partial charge in [-0.2, -0.15) is 5.10 Å². The van der Waals surface area contributed by atoms with Crippen LogP contribution in [0, 0.1) is 11.6 Å². The number of halogens is 2. The molecule has 2 aromatic rings. The van der Waals surface area contributed by atoms with Crippen LogP contribution in [-0.4, -0.2) is 9.78 Å². The van der Waals surface area contributed by atoms with E-state index in [2.05, 4.69) is 18.9 Å². The summed E-state index contributed by atoms with van der Waals surface area (Å²) in [5.74, 6) is -1.73. The Labute approximate surface area is 117 Å². The Morgan fingerprint density at radius 1 is 1.25 bits per heavy atom. The molecule has 0 radical (unpaired) electrons. The van der Waals surface area contributed by atoms with Gasteiger partial charge >= 0.3 is 0 Å². The van der Waals surface area contributed by atoms with Crippen LogP contribution in [0.15, 0.2) is 30.5 Å². The summed E-state index contributed by atoms with van der Waals surface area (Å²) in [5.41, 5.74) is 7.45. The van der Waals surface area contributed by atoms with E-state index in [-0.39, 0.29) is 0 Å². The molecule has 0 aliphatic carbocycles. The van der Waals surface area contributed by atoms with Gasteiger partial charge in [0.1, 0.15) is 0 Å². The Bertz CT molecular complexity index is 580. The van der Waals surface area contributed by atoms with Gasteiger partial charge in [0.2, 0.25) is 0 Å². The first-order valence-corrected chi connectivity index (χ1v) is 6.75. The molecule has 0 saturated heterocycles. The number of nitrogens with two attached hydrogens (primary N) is 1. The Morgan fingerprint density at radius 2 is 2.00 bits per heavy atom. The first kappa shape index (κ1) is 14.7. The van der Waals surface area contributed by atoms with Crippen LogP contribution < -0.4 is 5.73 Å². The molecule has 2 rings (SSSR count). The fraction of sp³-hybridized carbons (Fsp3) is 0.400. The van der Waals surface area contributed by atoms with Crippen molar-refractivity contribution in [1.82, 2.24) is 9.78 Å². The minimum Gasteiger partial charge on any atom is -0.324 e. The molecule has 2 unspecified atom stereocenters. The van der Waals surface area contributed by atoms with Gasteiger partial charge in [-0.3, -0.25) is 4.68 Å². The number of rotatable bonds is 5. The van der Waals surface area contributed by atoms with Crippen LogP contribution in [-0.2, 0) is 6.42 Å². The van der Waals surface area contributed by atoms with Crippen molar-refractivity contribution < 1.29 is 8.78 Å². The minimum atomic E-state index is -0.872. The highest BCUT2D eigenvalue weighted by molar-refractivity contribution is 5.22. The first-order chi connectivity index (χ1) is 9.51. The van der Waals surface area contributed by atoms with Crippen LogP contribution >= 0.6 is 0 Å². The van der Waals surface area contributed by atoms with Crippen molar-refractivity contribution in [3.8, 4) is 0 Å². The maximum Gasteiger partial charge on any atom is 0.159 e. The highest BCUT2D eigenvalue weighted by Gasteiger charge is 2.13. The minimum absolute atomic E-state index is 0.336. The molecule has 0 aliphatic rings. The molecule has 3 nitrogen and oxygen atoms in total. The number of benzene rings is 1. The third kappa shape index (κ3) is 3.22. The van der Waals surface area contributed by atoms with Gasteiger partial charge in [0.05, 0.1) is 5.69 Å². The summed E-state index contributed by atoms with van der Waals surface area (Å²) in [7, 11) is 0. The summed E-state index contributed by atoms with van der Waals surface area (Å²) in [6.07, 6.45) is 3.41. The number of aromatic nitrogens is 2. The molecule has 2 N–H and O–H groups in total. The average Bonchev–Trinajstić information content (AvgIpc) is 2.89. The van der Waals surface area contributed by atoms with Gasteiger partial charge in [0.25, 0.3) is 0 Å². The summed E-state index contributed by atoms with van der Waals surface area (Å²) >= 11 is 0. The highest BCUT2D eigenvalue weighted by atomic mass is 19.2. The number of hydrogen-bond acceptors (Lipinski definition) is 2. The molecule has 0 spiro atoms. The van der Waals surface area contributed by atoms with Crippen molar-refractivity contribution in [2.75, 3.05) is 0 Å². The molecular formula is C15H19F2N3. The van der Waals surface area contributed by atoms with Crippen molar-refractivity contribution in [3.05, 3.63) is 53.4 Å². The SMILES string of the molecule is CCC(C)n1ccc(CC(N)c2ccc(F)c(F)c2)n1. The molecule has 108 valence electrons. The Morgan fingerprint density at radius 3 is 2.65 bits per heavy atom.